The van der Waals surface area contributed by atoms with Crippen molar-refractivity contribution in [3.8, 4) is 0 Å². The lowest BCUT2D eigenvalue weighted by molar-refractivity contribution is -0.132. The Balaban J connectivity index is 1.60. The summed E-state index contributed by atoms with van der Waals surface area (Å²) in [5.41, 5.74) is 0.933. The molecule has 2 saturated heterocycles. The van der Waals surface area contributed by atoms with Crippen LogP contribution in [0.1, 0.15) is 31.2 Å². The lowest BCUT2D eigenvalue weighted by Crippen LogP contribution is -2.49. The van der Waals surface area contributed by atoms with Crippen molar-refractivity contribution in [3.05, 3.63) is 33.8 Å². The summed E-state index contributed by atoms with van der Waals surface area (Å²) in [5, 5.41) is 1.05. The third-order valence-corrected chi connectivity index (χ3v) is 5.48. The van der Waals surface area contributed by atoms with Gasteiger partial charge in [0, 0.05) is 19.1 Å². The monoisotopic (exact) mass is 340 g/mol. The molecule has 22 heavy (non-hydrogen) atoms. The van der Waals surface area contributed by atoms with Gasteiger partial charge in [-0.15, -0.1) is 0 Å². The van der Waals surface area contributed by atoms with E-state index in [1.54, 1.807) is 12.1 Å². The number of carbonyl (C=O) groups is 1. The van der Waals surface area contributed by atoms with Gasteiger partial charge in [-0.25, -0.2) is 0 Å². The van der Waals surface area contributed by atoms with Crippen molar-refractivity contribution < 1.29 is 4.79 Å². The van der Waals surface area contributed by atoms with E-state index < -0.39 is 0 Å². The van der Waals surface area contributed by atoms with Gasteiger partial charge in [0.15, 0.2) is 0 Å². The topological polar surface area (TPSA) is 23.6 Å². The molecule has 0 spiro atoms. The van der Waals surface area contributed by atoms with Crippen molar-refractivity contribution in [1.29, 1.82) is 0 Å². The third kappa shape index (κ3) is 3.76. The Kier molecular flexibility index (Phi) is 5.27. The summed E-state index contributed by atoms with van der Waals surface area (Å²) in [6.07, 6.45) is 5.33. The fourth-order valence-electron chi connectivity index (χ4n) is 3.52. The fraction of sp³-hybridized carbons (Fsp3) is 0.588. The minimum absolute atomic E-state index is 0.197. The molecule has 0 N–H and O–H groups in total. The highest BCUT2D eigenvalue weighted by Gasteiger charge is 2.29. The predicted molar refractivity (Wildman–Crippen MR) is 90.6 cm³/mol. The van der Waals surface area contributed by atoms with Gasteiger partial charge in [-0.1, -0.05) is 29.3 Å². The minimum Gasteiger partial charge on any atom is -0.341 e. The first kappa shape index (κ1) is 16.1. The number of piperidine rings is 1. The summed E-state index contributed by atoms with van der Waals surface area (Å²) in [6, 6.07) is 5.99. The predicted octanol–water partition coefficient (Wildman–Crippen LogP) is 3.62. The maximum atomic E-state index is 12.6. The Morgan fingerprint density at radius 2 is 1.86 bits per heavy atom. The zero-order chi connectivity index (χ0) is 15.5. The van der Waals surface area contributed by atoms with E-state index in [0.717, 1.165) is 25.1 Å². The summed E-state index contributed by atoms with van der Waals surface area (Å²) < 4.78 is 0. The average molecular weight is 341 g/mol. The summed E-state index contributed by atoms with van der Waals surface area (Å²) >= 11 is 12.0. The number of likely N-dealkylation sites (tertiary alicyclic amines) is 2. The summed E-state index contributed by atoms with van der Waals surface area (Å²) in [4.78, 5) is 17.1. The quantitative estimate of drug-likeness (QED) is 0.838. The zero-order valence-electron chi connectivity index (χ0n) is 12.7. The maximum absolute atomic E-state index is 12.6. The van der Waals surface area contributed by atoms with Gasteiger partial charge in [0.1, 0.15) is 0 Å². The van der Waals surface area contributed by atoms with Gasteiger partial charge < -0.3 is 4.90 Å². The van der Waals surface area contributed by atoms with Crippen LogP contribution in [0, 0.1) is 0 Å². The van der Waals surface area contributed by atoms with Crippen molar-refractivity contribution in [1.82, 2.24) is 9.80 Å². The van der Waals surface area contributed by atoms with Crippen LogP contribution >= 0.6 is 23.2 Å². The van der Waals surface area contributed by atoms with E-state index in [1.165, 1.54) is 32.4 Å². The molecule has 0 radical (unpaired) electrons. The molecule has 2 fully saturated rings. The lowest BCUT2D eigenvalue weighted by atomic mass is 10.0. The molecule has 0 saturated carbocycles. The van der Waals surface area contributed by atoms with Crippen molar-refractivity contribution in [2.45, 2.75) is 38.1 Å². The molecule has 3 nitrogen and oxygen atoms in total. The molecule has 0 bridgehead atoms. The van der Waals surface area contributed by atoms with Gasteiger partial charge in [0.05, 0.1) is 16.5 Å². The highest BCUT2D eigenvalue weighted by molar-refractivity contribution is 6.42. The Hall–Kier alpha value is -0.770. The zero-order valence-corrected chi connectivity index (χ0v) is 14.2. The molecule has 120 valence electrons. The molecule has 1 aromatic carbocycles. The summed E-state index contributed by atoms with van der Waals surface area (Å²) in [6.45, 7) is 4.14. The molecule has 1 atom stereocenters. The van der Waals surface area contributed by atoms with Crippen LogP contribution in [0.4, 0.5) is 0 Å². The SMILES string of the molecule is O=C(Cc1ccc(Cl)c(Cl)c1)N1CCC[C@@H](N2CCCC2)C1. The van der Waals surface area contributed by atoms with Gasteiger partial charge in [-0.3, -0.25) is 9.69 Å². The normalized spacial score (nSPS) is 23.0. The molecule has 2 heterocycles. The van der Waals surface area contributed by atoms with Gasteiger partial charge >= 0.3 is 0 Å². The molecule has 2 aliphatic heterocycles. The molecule has 1 amide bonds. The molecule has 2 aliphatic rings. The Morgan fingerprint density at radius 1 is 1.09 bits per heavy atom. The number of hydrogen-bond acceptors (Lipinski definition) is 2. The van der Waals surface area contributed by atoms with Crippen molar-refractivity contribution in [2.24, 2.45) is 0 Å². The van der Waals surface area contributed by atoms with E-state index in [1.807, 2.05) is 11.0 Å². The van der Waals surface area contributed by atoms with E-state index in [9.17, 15) is 4.79 Å². The van der Waals surface area contributed by atoms with Crippen LogP contribution in [-0.2, 0) is 11.2 Å². The summed E-state index contributed by atoms with van der Waals surface area (Å²) in [7, 11) is 0. The first-order valence-corrected chi connectivity index (χ1v) is 8.85. The van der Waals surface area contributed by atoms with Crippen molar-refractivity contribution in [3.63, 3.8) is 0 Å². The van der Waals surface area contributed by atoms with Crippen molar-refractivity contribution >= 4 is 29.1 Å². The standard InChI is InChI=1S/C17H22Cl2N2O/c18-15-6-5-13(10-16(15)19)11-17(22)21-9-3-4-14(12-21)20-7-1-2-8-20/h5-6,10,14H,1-4,7-9,11-12H2/t14-/m1/s1. The van der Waals surface area contributed by atoms with Gasteiger partial charge in [-0.05, 0) is 56.5 Å². The number of carbonyl (C=O) groups excluding carboxylic acids is 1. The molecular formula is C17H22Cl2N2O. The van der Waals surface area contributed by atoms with Crippen LogP contribution in [0.2, 0.25) is 10.0 Å². The Bertz CT molecular complexity index is 543. The maximum Gasteiger partial charge on any atom is 0.227 e. The number of rotatable bonds is 3. The number of benzene rings is 1. The van der Waals surface area contributed by atoms with Gasteiger partial charge in [0.25, 0.3) is 0 Å². The molecule has 5 heteroatoms. The molecular weight excluding hydrogens is 319 g/mol. The highest BCUT2D eigenvalue weighted by Crippen LogP contribution is 2.24. The van der Waals surface area contributed by atoms with E-state index in [2.05, 4.69) is 4.90 Å². The van der Waals surface area contributed by atoms with Crippen LogP contribution in [0.15, 0.2) is 18.2 Å². The molecule has 0 unspecified atom stereocenters. The highest BCUT2D eigenvalue weighted by atomic mass is 35.5. The second-order valence-corrected chi connectivity index (χ2v) is 7.12. The number of halogens is 2. The first-order valence-electron chi connectivity index (χ1n) is 8.09. The van der Waals surface area contributed by atoms with E-state index in [-0.39, 0.29) is 5.91 Å². The Labute approximate surface area is 142 Å². The van der Waals surface area contributed by atoms with Gasteiger partial charge in [-0.2, -0.15) is 0 Å². The van der Waals surface area contributed by atoms with Crippen LogP contribution in [-0.4, -0.2) is 47.9 Å². The van der Waals surface area contributed by atoms with E-state index in [4.69, 9.17) is 23.2 Å². The first-order chi connectivity index (χ1) is 10.6. The van der Waals surface area contributed by atoms with Crippen LogP contribution in [0.25, 0.3) is 0 Å². The number of amides is 1. The van der Waals surface area contributed by atoms with Crippen LogP contribution in [0.3, 0.4) is 0 Å². The molecule has 0 aromatic heterocycles. The second-order valence-electron chi connectivity index (χ2n) is 6.30. The minimum atomic E-state index is 0.197. The number of nitrogens with zero attached hydrogens (tertiary/aromatic N) is 2. The Morgan fingerprint density at radius 3 is 2.59 bits per heavy atom. The smallest absolute Gasteiger partial charge is 0.227 e. The number of hydrogen-bond donors (Lipinski definition) is 0. The molecule has 3 rings (SSSR count). The lowest BCUT2D eigenvalue weighted by Gasteiger charge is -2.37. The second kappa shape index (κ2) is 7.20. The van der Waals surface area contributed by atoms with Crippen LogP contribution in [0.5, 0.6) is 0 Å². The molecule has 1 aromatic rings. The van der Waals surface area contributed by atoms with Crippen molar-refractivity contribution in [2.75, 3.05) is 26.2 Å². The largest absolute Gasteiger partial charge is 0.341 e. The average Bonchev–Trinajstić information content (AvgIpc) is 3.05. The van der Waals surface area contributed by atoms with Gasteiger partial charge in [0.2, 0.25) is 5.91 Å². The fourth-order valence-corrected chi connectivity index (χ4v) is 3.84. The molecule has 0 aliphatic carbocycles. The third-order valence-electron chi connectivity index (χ3n) is 4.75. The van der Waals surface area contributed by atoms with Crippen LogP contribution < -0.4 is 0 Å². The summed E-state index contributed by atoms with van der Waals surface area (Å²) in [5.74, 6) is 0.197. The van der Waals surface area contributed by atoms with E-state index in [0.29, 0.717) is 22.5 Å². The van der Waals surface area contributed by atoms with E-state index >= 15 is 0 Å².